The maximum absolute atomic E-state index is 6.01. The lowest BCUT2D eigenvalue weighted by molar-refractivity contribution is 0.561. The molecule has 2 N–H and O–H groups in total. The van der Waals surface area contributed by atoms with Gasteiger partial charge in [-0.25, -0.2) is 0 Å². The Morgan fingerprint density at radius 1 is 1.36 bits per heavy atom. The van der Waals surface area contributed by atoms with E-state index < -0.39 is 0 Å². The molecular formula is C11H12N2O. The van der Waals surface area contributed by atoms with Gasteiger partial charge in [0.2, 0.25) is 0 Å². The molecule has 0 bridgehead atoms. The Bertz CT molecular complexity index is 409. The molecule has 0 amide bonds. The van der Waals surface area contributed by atoms with Crippen molar-refractivity contribution in [3.05, 3.63) is 53.7 Å². The van der Waals surface area contributed by atoms with E-state index in [1.807, 2.05) is 31.2 Å². The molecule has 0 saturated carbocycles. The summed E-state index contributed by atoms with van der Waals surface area (Å²) in [6, 6.07) is 7.48. The van der Waals surface area contributed by atoms with E-state index in [4.69, 9.17) is 10.2 Å². The summed E-state index contributed by atoms with van der Waals surface area (Å²) in [7, 11) is 0. The van der Waals surface area contributed by atoms with E-state index in [0.717, 1.165) is 17.0 Å². The number of rotatable bonds is 2. The van der Waals surface area contributed by atoms with E-state index >= 15 is 0 Å². The number of aryl methyl sites for hydroxylation is 1. The Hall–Kier alpha value is -1.61. The summed E-state index contributed by atoms with van der Waals surface area (Å²) < 4.78 is 4.98. The maximum atomic E-state index is 6.01. The minimum Gasteiger partial charge on any atom is -0.472 e. The predicted molar refractivity (Wildman–Crippen MR) is 53.7 cm³/mol. The zero-order chi connectivity index (χ0) is 9.97. The molecule has 0 saturated heterocycles. The van der Waals surface area contributed by atoms with E-state index in [1.54, 1.807) is 12.5 Å². The summed E-state index contributed by atoms with van der Waals surface area (Å²) in [6.07, 6.45) is 3.26. The van der Waals surface area contributed by atoms with Gasteiger partial charge in [0.25, 0.3) is 0 Å². The molecule has 0 aliphatic heterocycles. The first-order valence-electron chi connectivity index (χ1n) is 4.48. The third kappa shape index (κ3) is 1.67. The van der Waals surface area contributed by atoms with Crippen molar-refractivity contribution in [2.24, 2.45) is 5.73 Å². The first-order chi connectivity index (χ1) is 6.77. The Morgan fingerprint density at radius 3 is 2.86 bits per heavy atom. The average Bonchev–Trinajstić information content (AvgIpc) is 2.69. The summed E-state index contributed by atoms with van der Waals surface area (Å²) in [5.41, 5.74) is 8.80. The smallest absolute Gasteiger partial charge is 0.0954 e. The summed E-state index contributed by atoms with van der Waals surface area (Å²) in [5, 5.41) is 0. The van der Waals surface area contributed by atoms with Crippen LogP contribution in [0.5, 0.6) is 0 Å². The molecule has 0 aliphatic carbocycles. The number of hydrogen-bond acceptors (Lipinski definition) is 3. The standard InChI is InChI=1S/C11H12N2O/c1-8-3-2-4-10(13-8)11(12)9-5-6-14-7-9/h2-7,11H,12H2,1H3. The minimum absolute atomic E-state index is 0.200. The van der Waals surface area contributed by atoms with E-state index in [9.17, 15) is 0 Å². The number of aromatic nitrogens is 1. The summed E-state index contributed by atoms with van der Waals surface area (Å²) in [4.78, 5) is 4.36. The number of nitrogens with zero attached hydrogens (tertiary/aromatic N) is 1. The lowest BCUT2D eigenvalue weighted by atomic mass is 10.1. The van der Waals surface area contributed by atoms with Crippen molar-refractivity contribution < 1.29 is 4.42 Å². The highest BCUT2D eigenvalue weighted by atomic mass is 16.3. The van der Waals surface area contributed by atoms with Crippen molar-refractivity contribution >= 4 is 0 Å². The molecule has 0 fully saturated rings. The van der Waals surface area contributed by atoms with Crippen LogP contribution in [0.1, 0.15) is 23.0 Å². The van der Waals surface area contributed by atoms with Crippen molar-refractivity contribution in [1.82, 2.24) is 4.98 Å². The SMILES string of the molecule is Cc1cccc(C(N)c2ccoc2)n1. The van der Waals surface area contributed by atoms with Gasteiger partial charge < -0.3 is 10.2 Å². The molecule has 72 valence electrons. The van der Waals surface area contributed by atoms with E-state index in [1.165, 1.54) is 0 Å². The zero-order valence-electron chi connectivity index (χ0n) is 7.97. The normalized spacial score (nSPS) is 12.7. The molecule has 1 unspecified atom stereocenters. The number of furan rings is 1. The van der Waals surface area contributed by atoms with Gasteiger partial charge in [-0.3, -0.25) is 4.98 Å². The Morgan fingerprint density at radius 2 is 2.21 bits per heavy atom. The van der Waals surface area contributed by atoms with Crippen molar-refractivity contribution in [2.45, 2.75) is 13.0 Å². The molecule has 2 heterocycles. The van der Waals surface area contributed by atoms with Crippen molar-refractivity contribution in [2.75, 3.05) is 0 Å². The highest BCUT2D eigenvalue weighted by molar-refractivity contribution is 5.24. The number of pyridine rings is 1. The number of nitrogens with two attached hydrogens (primary N) is 1. The highest BCUT2D eigenvalue weighted by Gasteiger charge is 2.10. The quantitative estimate of drug-likeness (QED) is 0.784. The number of hydrogen-bond donors (Lipinski definition) is 1. The molecule has 2 aromatic heterocycles. The molecule has 0 spiro atoms. The monoisotopic (exact) mass is 188 g/mol. The van der Waals surface area contributed by atoms with Gasteiger partial charge in [-0.2, -0.15) is 0 Å². The van der Waals surface area contributed by atoms with Gasteiger partial charge in [0.15, 0.2) is 0 Å². The van der Waals surface area contributed by atoms with Crippen LogP contribution in [0.2, 0.25) is 0 Å². The van der Waals surface area contributed by atoms with E-state index in [2.05, 4.69) is 4.98 Å². The summed E-state index contributed by atoms with van der Waals surface area (Å²) >= 11 is 0. The van der Waals surface area contributed by atoms with Crippen LogP contribution in [0.4, 0.5) is 0 Å². The fourth-order valence-corrected chi connectivity index (χ4v) is 1.36. The second-order valence-electron chi connectivity index (χ2n) is 3.24. The first kappa shape index (κ1) is 8.97. The van der Waals surface area contributed by atoms with Crippen LogP contribution >= 0.6 is 0 Å². The summed E-state index contributed by atoms with van der Waals surface area (Å²) in [6.45, 7) is 1.95. The van der Waals surface area contributed by atoms with E-state index in [-0.39, 0.29) is 6.04 Å². The van der Waals surface area contributed by atoms with Crippen molar-refractivity contribution in [3.8, 4) is 0 Å². The Kier molecular flexibility index (Phi) is 2.33. The lowest BCUT2D eigenvalue weighted by Crippen LogP contribution is -2.12. The summed E-state index contributed by atoms with van der Waals surface area (Å²) in [5.74, 6) is 0. The fourth-order valence-electron chi connectivity index (χ4n) is 1.36. The lowest BCUT2D eigenvalue weighted by Gasteiger charge is -2.08. The molecule has 2 rings (SSSR count). The molecule has 0 radical (unpaired) electrons. The van der Waals surface area contributed by atoms with Crippen molar-refractivity contribution in [3.63, 3.8) is 0 Å². The fraction of sp³-hybridized carbons (Fsp3) is 0.182. The van der Waals surface area contributed by atoms with Gasteiger partial charge in [0.1, 0.15) is 0 Å². The van der Waals surface area contributed by atoms with Crippen LogP contribution in [0.3, 0.4) is 0 Å². The largest absolute Gasteiger partial charge is 0.472 e. The Labute approximate surface area is 82.6 Å². The molecule has 3 heteroatoms. The van der Waals surface area contributed by atoms with Crippen LogP contribution in [0.25, 0.3) is 0 Å². The molecule has 0 aliphatic rings. The molecule has 3 nitrogen and oxygen atoms in total. The molecule has 1 atom stereocenters. The van der Waals surface area contributed by atoms with Gasteiger partial charge in [-0.05, 0) is 25.1 Å². The molecular weight excluding hydrogens is 176 g/mol. The molecule has 0 aromatic carbocycles. The molecule has 2 aromatic rings. The van der Waals surface area contributed by atoms with Crippen LogP contribution < -0.4 is 5.73 Å². The van der Waals surface area contributed by atoms with Crippen LogP contribution in [0, 0.1) is 6.92 Å². The van der Waals surface area contributed by atoms with Crippen LogP contribution in [-0.4, -0.2) is 4.98 Å². The highest BCUT2D eigenvalue weighted by Crippen LogP contribution is 2.17. The van der Waals surface area contributed by atoms with Gasteiger partial charge >= 0.3 is 0 Å². The third-order valence-corrected chi connectivity index (χ3v) is 2.13. The van der Waals surface area contributed by atoms with Gasteiger partial charge in [0, 0.05) is 11.3 Å². The zero-order valence-corrected chi connectivity index (χ0v) is 7.97. The van der Waals surface area contributed by atoms with Crippen LogP contribution in [-0.2, 0) is 0 Å². The molecule has 14 heavy (non-hydrogen) atoms. The first-order valence-corrected chi connectivity index (χ1v) is 4.48. The topological polar surface area (TPSA) is 52.0 Å². The maximum Gasteiger partial charge on any atom is 0.0954 e. The van der Waals surface area contributed by atoms with Gasteiger partial charge in [-0.15, -0.1) is 0 Å². The second-order valence-corrected chi connectivity index (χ2v) is 3.24. The van der Waals surface area contributed by atoms with Gasteiger partial charge in [0.05, 0.1) is 24.3 Å². The van der Waals surface area contributed by atoms with Crippen LogP contribution in [0.15, 0.2) is 41.2 Å². The average molecular weight is 188 g/mol. The second kappa shape index (κ2) is 3.64. The van der Waals surface area contributed by atoms with Gasteiger partial charge in [-0.1, -0.05) is 6.07 Å². The third-order valence-electron chi connectivity index (χ3n) is 2.13. The van der Waals surface area contributed by atoms with E-state index in [0.29, 0.717) is 0 Å². The Balaban J connectivity index is 2.32. The minimum atomic E-state index is -0.200. The predicted octanol–water partition coefficient (Wildman–Crippen LogP) is 2.03. The van der Waals surface area contributed by atoms with Crippen molar-refractivity contribution in [1.29, 1.82) is 0 Å².